The lowest BCUT2D eigenvalue weighted by molar-refractivity contribution is -0.159. The highest BCUT2D eigenvalue weighted by molar-refractivity contribution is 5.98. The molecule has 7 heteroatoms. The van der Waals surface area contributed by atoms with Gasteiger partial charge in [0.1, 0.15) is 12.0 Å². The molecule has 0 aliphatic heterocycles. The van der Waals surface area contributed by atoms with Crippen molar-refractivity contribution < 1.29 is 33.4 Å². The van der Waals surface area contributed by atoms with E-state index in [2.05, 4.69) is 13.8 Å². The Bertz CT molecular complexity index is 1260. The fourth-order valence-corrected chi connectivity index (χ4v) is 6.38. The first-order valence-corrected chi connectivity index (χ1v) is 21.4. The van der Waals surface area contributed by atoms with Gasteiger partial charge in [-0.25, -0.2) is 4.79 Å². The summed E-state index contributed by atoms with van der Waals surface area (Å²) in [6, 6.07) is 13.0. The van der Waals surface area contributed by atoms with Crippen molar-refractivity contribution in [1.82, 2.24) is 0 Å². The molecule has 2 aromatic rings. The molecule has 0 saturated carbocycles. The van der Waals surface area contributed by atoms with Gasteiger partial charge in [0.15, 0.2) is 5.92 Å². The summed E-state index contributed by atoms with van der Waals surface area (Å²) in [5.41, 5.74) is 1.53. The third kappa shape index (κ3) is 22.5. The van der Waals surface area contributed by atoms with E-state index in [-0.39, 0.29) is 13.2 Å². The van der Waals surface area contributed by atoms with Crippen LogP contribution in [0.25, 0.3) is 6.08 Å². The lowest BCUT2D eigenvalue weighted by Crippen LogP contribution is -2.27. The van der Waals surface area contributed by atoms with Gasteiger partial charge >= 0.3 is 17.9 Å². The molecule has 0 aliphatic rings. The van der Waals surface area contributed by atoms with Crippen LogP contribution in [-0.2, 0) is 19.1 Å². The second-order valence-corrected chi connectivity index (χ2v) is 14.6. The number of rotatable bonds is 33. The maximum Gasteiger partial charge on any atom is 0.343 e. The molecule has 0 N–H and O–H groups in total. The highest BCUT2D eigenvalue weighted by Gasteiger charge is 2.27. The van der Waals surface area contributed by atoms with Crippen molar-refractivity contribution in [1.29, 1.82) is 0 Å². The van der Waals surface area contributed by atoms with Gasteiger partial charge < -0.3 is 14.2 Å². The summed E-state index contributed by atoms with van der Waals surface area (Å²) in [6.45, 7) is 5.05. The van der Waals surface area contributed by atoms with Crippen molar-refractivity contribution in [3.8, 4) is 5.75 Å². The Balaban J connectivity index is 1.81. The molecule has 0 saturated heterocycles. The molecule has 0 heterocycles. The molecule has 0 fully saturated rings. The fraction of sp³-hybridized carbons (Fsp3) is 0.617. The van der Waals surface area contributed by atoms with Crippen LogP contribution in [0.5, 0.6) is 5.75 Å². The van der Waals surface area contributed by atoms with E-state index in [1.165, 1.54) is 122 Å². The van der Waals surface area contributed by atoms with Gasteiger partial charge in [-0.1, -0.05) is 179 Å². The second-order valence-electron chi connectivity index (χ2n) is 14.6. The lowest BCUT2D eigenvalue weighted by Gasteiger charge is -2.13. The predicted molar refractivity (Wildman–Crippen MR) is 220 cm³/mol. The number of unbranched alkanes of at least 4 members (excludes halogenated alkanes) is 22. The summed E-state index contributed by atoms with van der Waals surface area (Å²) in [6.07, 6.45) is 33.2. The first-order chi connectivity index (χ1) is 26.5. The summed E-state index contributed by atoms with van der Waals surface area (Å²) in [7, 11) is 0. The molecule has 0 aliphatic carbocycles. The summed E-state index contributed by atoms with van der Waals surface area (Å²) in [4.78, 5) is 49.8. The summed E-state index contributed by atoms with van der Waals surface area (Å²) < 4.78 is 16.6. The zero-order chi connectivity index (χ0) is 38.9. The summed E-state index contributed by atoms with van der Waals surface area (Å²) in [5, 5.41) is 0. The number of hydrogen-bond acceptors (Lipinski definition) is 7. The molecular weight excluding hydrogens is 677 g/mol. The number of esters is 3. The highest BCUT2D eigenvalue weighted by Crippen LogP contribution is 2.18. The van der Waals surface area contributed by atoms with Gasteiger partial charge in [0.25, 0.3) is 0 Å². The van der Waals surface area contributed by atoms with Gasteiger partial charge in [-0.2, -0.15) is 0 Å². The molecule has 2 rings (SSSR count). The monoisotopic (exact) mass is 747 g/mol. The van der Waals surface area contributed by atoms with Gasteiger partial charge in [-0.3, -0.25) is 14.4 Å². The number of aldehydes is 1. The van der Waals surface area contributed by atoms with Crippen LogP contribution < -0.4 is 4.74 Å². The molecule has 0 aromatic heterocycles. The number of carbonyl (C=O) groups excluding carboxylic acids is 4. The van der Waals surface area contributed by atoms with Crippen molar-refractivity contribution in [3.05, 3.63) is 71.3 Å². The summed E-state index contributed by atoms with van der Waals surface area (Å²) in [5.74, 6) is -2.57. The van der Waals surface area contributed by atoms with E-state index in [0.717, 1.165) is 44.8 Å². The SMILES string of the molecule is CCCCCCCCCCCCCCOC(=O)C(C=Cc1ccc(C(=O)Oc2ccc(C=O)cc2)cc1)C(=O)OCCCCCCCCCCCCCC. The van der Waals surface area contributed by atoms with Crippen LogP contribution in [0.3, 0.4) is 0 Å². The van der Waals surface area contributed by atoms with E-state index in [9.17, 15) is 19.2 Å². The van der Waals surface area contributed by atoms with Crippen LogP contribution in [0.1, 0.15) is 194 Å². The predicted octanol–water partition coefficient (Wildman–Crippen LogP) is 12.8. The van der Waals surface area contributed by atoms with Crippen LogP contribution in [0.4, 0.5) is 0 Å². The van der Waals surface area contributed by atoms with Crippen LogP contribution in [-0.4, -0.2) is 37.4 Å². The third-order valence-corrected chi connectivity index (χ3v) is 9.85. The van der Waals surface area contributed by atoms with E-state index >= 15 is 0 Å². The second kappa shape index (κ2) is 31.6. The number of benzene rings is 2. The molecular formula is C47H70O7. The standard InChI is InChI=1S/C47H70O7/c1-3-5-7-9-11-13-15-17-19-21-23-25-37-52-46(50)44(47(51)53-38-26-24-22-20-18-16-14-12-10-8-6-4-2)36-31-40-27-32-42(33-28-40)45(49)54-43-34-29-41(39-48)30-35-43/h27-36,39,44H,3-26,37-38H2,1-2H3. The number of carbonyl (C=O) groups is 4. The topological polar surface area (TPSA) is 96.0 Å². The zero-order valence-corrected chi connectivity index (χ0v) is 33.7. The third-order valence-electron chi connectivity index (χ3n) is 9.85. The first-order valence-electron chi connectivity index (χ1n) is 21.4. The van der Waals surface area contributed by atoms with E-state index in [1.54, 1.807) is 54.6 Å². The molecule has 0 radical (unpaired) electrons. The smallest absolute Gasteiger partial charge is 0.343 e. The van der Waals surface area contributed by atoms with Crippen LogP contribution in [0, 0.1) is 5.92 Å². The Hall–Kier alpha value is -3.74. The van der Waals surface area contributed by atoms with Gasteiger partial charge in [-0.05, 0) is 54.8 Å². The van der Waals surface area contributed by atoms with E-state index in [0.29, 0.717) is 22.4 Å². The Morgan fingerprint density at radius 1 is 0.500 bits per heavy atom. The minimum atomic E-state index is -1.17. The lowest BCUT2D eigenvalue weighted by atomic mass is 10.1. The van der Waals surface area contributed by atoms with E-state index in [1.807, 2.05) is 0 Å². The zero-order valence-electron chi connectivity index (χ0n) is 33.7. The maximum absolute atomic E-state index is 13.1. The Morgan fingerprint density at radius 3 is 1.26 bits per heavy atom. The average Bonchev–Trinajstić information content (AvgIpc) is 3.19. The van der Waals surface area contributed by atoms with Crippen molar-refractivity contribution >= 4 is 30.3 Å². The van der Waals surface area contributed by atoms with Crippen molar-refractivity contribution in [2.24, 2.45) is 5.92 Å². The number of hydrogen-bond donors (Lipinski definition) is 0. The van der Waals surface area contributed by atoms with Crippen molar-refractivity contribution in [3.63, 3.8) is 0 Å². The van der Waals surface area contributed by atoms with Crippen LogP contribution in [0.2, 0.25) is 0 Å². The van der Waals surface area contributed by atoms with E-state index in [4.69, 9.17) is 14.2 Å². The Labute approximate surface area is 327 Å². The van der Waals surface area contributed by atoms with E-state index < -0.39 is 23.8 Å². The van der Waals surface area contributed by atoms with Crippen LogP contribution >= 0.6 is 0 Å². The van der Waals surface area contributed by atoms with Crippen molar-refractivity contribution in [2.75, 3.05) is 13.2 Å². The minimum absolute atomic E-state index is 0.279. The molecule has 300 valence electrons. The molecule has 0 amide bonds. The average molecular weight is 747 g/mol. The molecule has 7 nitrogen and oxygen atoms in total. The highest BCUT2D eigenvalue weighted by atomic mass is 16.6. The molecule has 54 heavy (non-hydrogen) atoms. The number of ether oxygens (including phenoxy) is 3. The molecule has 2 aromatic carbocycles. The normalized spacial score (nSPS) is 11.2. The van der Waals surface area contributed by atoms with Gasteiger partial charge in [-0.15, -0.1) is 0 Å². The van der Waals surface area contributed by atoms with Gasteiger partial charge in [0.2, 0.25) is 0 Å². The van der Waals surface area contributed by atoms with Gasteiger partial charge in [0.05, 0.1) is 18.8 Å². The van der Waals surface area contributed by atoms with Crippen LogP contribution in [0.15, 0.2) is 54.6 Å². The largest absolute Gasteiger partial charge is 0.465 e. The fourth-order valence-electron chi connectivity index (χ4n) is 6.38. The van der Waals surface area contributed by atoms with Gasteiger partial charge in [0, 0.05) is 5.56 Å². The minimum Gasteiger partial charge on any atom is -0.465 e. The molecule has 0 spiro atoms. The maximum atomic E-state index is 13.1. The molecule has 0 atom stereocenters. The summed E-state index contributed by atoms with van der Waals surface area (Å²) >= 11 is 0. The first kappa shape index (κ1) is 46.4. The quantitative estimate of drug-likeness (QED) is 0.0236. The Morgan fingerprint density at radius 2 is 0.870 bits per heavy atom. The molecule has 0 bridgehead atoms. The van der Waals surface area contributed by atoms with Crippen molar-refractivity contribution in [2.45, 2.75) is 168 Å². The Kier molecular flexibility index (Phi) is 27.2. The molecule has 0 unspecified atom stereocenters.